The Kier molecular flexibility index (Phi) is 6.36. The van der Waals surface area contributed by atoms with Crippen LogP contribution in [0.2, 0.25) is 0 Å². The Hall–Kier alpha value is -0.520. The van der Waals surface area contributed by atoms with E-state index in [1.165, 1.54) is 0 Å². The predicted molar refractivity (Wildman–Crippen MR) is 86.3 cm³/mol. The average molecular weight is 345 g/mol. The van der Waals surface area contributed by atoms with Gasteiger partial charge in [0.25, 0.3) is 0 Å². The predicted octanol–water partition coefficient (Wildman–Crippen LogP) is 3.10. The summed E-state index contributed by atoms with van der Waals surface area (Å²) in [4.78, 5) is 11.8. The summed E-state index contributed by atoms with van der Waals surface area (Å²) in [7, 11) is 0. The van der Waals surface area contributed by atoms with E-state index in [0.717, 1.165) is 15.8 Å². The Balaban J connectivity index is 2.38. The molecule has 1 aromatic rings. The van der Waals surface area contributed by atoms with Gasteiger partial charge in [-0.3, -0.25) is 4.79 Å². The number of nitrogens with one attached hydrogen (secondary N) is 1. The quantitative estimate of drug-likeness (QED) is 0.833. The van der Waals surface area contributed by atoms with Crippen molar-refractivity contribution in [2.75, 3.05) is 11.5 Å². The van der Waals surface area contributed by atoms with Crippen LogP contribution < -0.4 is 11.1 Å². The Morgan fingerprint density at radius 3 is 2.53 bits per heavy atom. The minimum atomic E-state index is -0.234. The SMILES string of the molecule is CC(NC(=O)CSCC(C)(C)N)c1ccc(Br)cc1. The maximum absolute atomic E-state index is 11.8. The fraction of sp³-hybridized carbons (Fsp3) is 0.500. The molecule has 0 aromatic heterocycles. The van der Waals surface area contributed by atoms with Gasteiger partial charge in [-0.05, 0) is 38.5 Å². The summed E-state index contributed by atoms with van der Waals surface area (Å²) in [5.74, 6) is 1.26. The molecule has 1 atom stereocenters. The molecule has 106 valence electrons. The number of rotatable bonds is 6. The van der Waals surface area contributed by atoms with Gasteiger partial charge in [0, 0.05) is 15.8 Å². The van der Waals surface area contributed by atoms with Gasteiger partial charge in [0.15, 0.2) is 0 Å². The molecule has 3 nitrogen and oxygen atoms in total. The van der Waals surface area contributed by atoms with E-state index in [0.29, 0.717) is 5.75 Å². The van der Waals surface area contributed by atoms with Crippen LogP contribution in [0.1, 0.15) is 32.4 Å². The number of carbonyl (C=O) groups is 1. The van der Waals surface area contributed by atoms with E-state index < -0.39 is 0 Å². The number of thioether (sulfide) groups is 1. The molecule has 0 fully saturated rings. The number of nitrogens with two attached hydrogens (primary N) is 1. The Bertz CT molecular complexity index is 414. The highest BCUT2D eigenvalue weighted by molar-refractivity contribution is 9.10. The van der Waals surface area contributed by atoms with Crippen molar-refractivity contribution in [2.45, 2.75) is 32.4 Å². The molecule has 0 heterocycles. The van der Waals surface area contributed by atoms with Crippen molar-refractivity contribution in [1.29, 1.82) is 0 Å². The zero-order chi connectivity index (χ0) is 14.5. The van der Waals surface area contributed by atoms with Crippen LogP contribution >= 0.6 is 27.7 Å². The van der Waals surface area contributed by atoms with Crippen molar-refractivity contribution in [3.05, 3.63) is 34.3 Å². The molecule has 3 N–H and O–H groups in total. The second kappa shape index (κ2) is 7.31. The van der Waals surface area contributed by atoms with Gasteiger partial charge in [0.05, 0.1) is 11.8 Å². The van der Waals surface area contributed by atoms with Crippen LogP contribution in [0.25, 0.3) is 0 Å². The minimum absolute atomic E-state index is 0.0205. The first-order chi connectivity index (χ1) is 8.78. The molecular weight excluding hydrogens is 324 g/mol. The summed E-state index contributed by atoms with van der Waals surface area (Å²) >= 11 is 4.96. The lowest BCUT2D eigenvalue weighted by Gasteiger charge is -2.18. The molecule has 19 heavy (non-hydrogen) atoms. The van der Waals surface area contributed by atoms with Crippen LogP contribution in [0.5, 0.6) is 0 Å². The first-order valence-corrected chi connectivity index (χ1v) is 8.14. The van der Waals surface area contributed by atoms with Crippen molar-refractivity contribution < 1.29 is 4.79 Å². The normalized spacial score (nSPS) is 13.1. The van der Waals surface area contributed by atoms with E-state index in [1.54, 1.807) is 11.8 Å². The number of hydrogen-bond acceptors (Lipinski definition) is 3. The maximum Gasteiger partial charge on any atom is 0.230 e. The summed E-state index contributed by atoms with van der Waals surface area (Å²) in [6.45, 7) is 5.91. The van der Waals surface area contributed by atoms with Gasteiger partial charge in [-0.1, -0.05) is 28.1 Å². The second-order valence-corrected chi connectivity index (χ2v) is 7.22. The highest BCUT2D eigenvalue weighted by Gasteiger charge is 2.13. The largest absolute Gasteiger partial charge is 0.349 e. The molecule has 0 saturated carbocycles. The highest BCUT2D eigenvalue weighted by atomic mass is 79.9. The van der Waals surface area contributed by atoms with E-state index >= 15 is 0 Å². The molecule has 0 radical (unpaired) electrons. The Morgan fingerprint density at radius 1 is 1.42 bits per heavy atom. The Labute approximate surface area is 127 Å². The molecule has 1 rings (SSSR count). The molecule has 0 spiro atoms. The summed E-state index contributed by atoms with van der Waals surface area (Å²) in [6, 6.07) is 7.98. The monoisotopic (exact) mass is 344 g/mol. The van der Waals surface area contributed by atoms with Crippen LogP contribution in [-0.2, 0) is 4.79 Å². The molecule has 1 aromatic carbocycles. The number of hydrogen-bond donors (Lipinski definition) is 2. The Morgan fingerprint density at radius 2 is 2.00 bits per heavy atom. The van der Waals surface area contributed by atoms with Crippen molar-refractivity contribution in [1.82, 2.24) is 5.32 Å². The molecule has 0 bridgehead atoms. The van der Waals surface area contributed by atoms with E-state index in [2.05, 4.69) is 21.2 Å². The summed E-state index contributed by atoms with van der Waals surface area (Å²) in [5.41, 5.74) is 6.74. The fourth-order valence-electron chi connectivity index (χ4n) is 1.52. The molecule has 0 aliphatic rings. The standard InChI is InChI=1S/C14H21BrN2OS/c1-10(11-4-6-12(15)7-5-11)17-13(18)8-19-9-14(2,3)16/h4-7,10H,8-9,16H2,1-3H3,(H,17,18). The topological polar surface area (TPSA) is 55.1 Å². The van der Waals surface area contributed by atoms with E-state index in [4.69, 9.17) is 5.73 Å². The number of carbonyl (C=O) groups excluding carboxylic acids is 1. The van der Waals surface area contributed by atoms with Crippen LogP contribution in [-0.4, -0.2) is 23.0 Å². The number of benzene rings is 1. The lowest BCUT2D eigenvalue weighted by atomic mass is 10.1. The van der Waals surface area contributed by atoms with Gasteiger partial charge in [-0.25, -0.2) is 0 Å². The van der Waals surface area contributed by atoms with Gasteiger partial charge in [-0.15, -0.1) is 0 Å². The van der Waals surface area contributed by atoms with Crippen LogP contribution in [0.15, 0.2) is 28.7 Å². The zero-order valence-corrected chi connectivity index (χ0v) is 14.0. The van der Waals surface area contributed by atoms with Gasteiger partial charge in [0.2, 0.25) is 5.91 Å². The molecule has 5 heteroatoms. The van der Waals surface area contributed by atoms with Crippen molar-refractivity contribution in [3.8, 4) is 0 Å². The van der Waals surface area contributed by atoms with Gasteiger partial charge < -0.3 is 11.1 Å². The third-order valence-corrected chi connectivity index (χ3v) is 4.40. The first-order valence-electron chi connectivity index (χ1n) is 6.19. The lowest BCUT2D eigenvalue weighted by Crippen LogP contribution is -2.36. The van der Waals surface area contributed by atoms with Crippen LogP contribution in [0, 0.1) is 0 Å². The van der Waals surface area contributed by atoms with Crippen LogP contribution in [0.3, 0.4) is 0 Å². The second-order valence-electron chi connectivity index (χ2n) is 5.32. The van der Waals surface area contributed by atoms with Gasteiger partial charge >= 0.3 is 0 Å². The molecule has 1 amide bonds. The molecule has 0 saturated heterocycles. The van der Waals surface area contributed by atoms with Crippen molar-refractivity contribution >= 4 is 33.6 Å². The molecule has 0 aliphatic heterocycles. The summed E-state index contributed by atoms with van der Waals surface area (Å²) in [6.07, 6.45) is 0. The smallest absolute Gasteiger partial charge is 0.230 e. The molecular formula is C14H21BrN2OS. The van der Waals surface area contributed by atoms with Crippen molar-refractivity contribution in [3.63, 3.8) is 0 Å². The average Bonchev–Trinajstić information content (AvgIpc) is 2.27. The fourth-order valence-corrected chi connectivity index (χ4v) is 2.69. The third-order valence-electron chi connectivity index (χ3n) is 2.45. The van der Waals surface area contributed by atoms with E-state index in [-0.39, 0.29) is 17.5 Å². The lowest BCUT2D eigenvalue weighted by molar-refractivity contribution is -0.119. The minimum Gasteiger partial charge on any atom is -0.349 e. The van der Waals surface area contributed by atoms with Crippen LogP contribution in [0.4, 0.5) is 0 Å². The van der Waals surface area contributed by atoms with E-state index in [9.17, 15) is 4.79 Å². The third kappa shape index (κ3) is 6.99. The highest BCUT2D eigenvalue weighted by Crippen LogP contribution is 2.17. The van der Waals surface area contributed by atoms with Gasteiger partial charge in [0.1, 0.15) is 0 Å². The van der Waals surface area contributed by atoms with E-state index in [1.807, 2.05) is 45.0 Å². The van der Waals surface area contributed by atoms with Gasteiger partial charge in [-0.2, -0.15) is 11.8 Å². The number of halogens is 1. The molecule has 1 unspecified atom stereocenters. The summed E-state index contributed by atoms with van der Waals surface area (Å²) < 4.78 is 1.04. The summed E-state index contributed by atoms with van der Waals surface area (Å²) in [5, 5.41) is 2.99. The first kappa shape index (κ1) is 16.5. The molecule has 0 aliphatic carbocycles. The van der Waals surface area contributed by atoms with Crippen molar-refractivity contribution in [2.24, 2.45) is 5.73 Å². The maximum atomic E-state index is 11.8. The number of amides is 1. The zero-order valence-electron chi connectivity index (χ0n) is 11.6.